The van der Waals surface area contributed by atoms with Crippen molar-refractivity contribution < 1.29 is 14.3 Å². The monoisotopic (exact) mass is 308 g/mol. The fourth-order valence-electron chi connectivity index (χ4n) is 1.95. The lowest BCUT2D eigenvalue weighted by Gasteiger charge is -2.14. The first-order valence-corrected chi connectivity index (χ1v) is 7.09. The molecule has 0 spiro atoms. The lowest BCUT2D eigenvalue weighted by atomic mass is 10.1. The van der Waals surface area contributed by atoms with E-state index < -0.39 is 18.0 Å². The summed E-state index contributed by atoms with van der Waals surface area (Å²) in [5.74, 6) is -0.970. The van der Waals surface area contributed by atoms with Crippen LogP contribution in [0, 0.1) is 18.3 Å². The molecule has 116 valence electrons. The number of hydrogen-bond donors (Lipinski definition) is 1. The predicted octanol–water partition coefficient (Wildman–Crippen LogP) is 3.05. The molecule has 1 atom stereocenters. The molecule has 5 heteroatoms. The Morgan fingerprint density at radius 2 is 1.78 bits per heavy atom. The first kappa shape index (κ1) is 16.2. The van der Waals surface area contributed by atoms with Gasteiger partial charge in [0, 0.05) is 5.69 Å². The van der Waals surface area contributed by atoms with Crippen LogP contribution < -0.4 is 5.32 Å². The zero-order valence-electron chi connectivity index (χ0n) is 12.9. The number of nitrogens with zero attached hydrogens (tertiary/aromatic N) is 1. The third-order valence-corrected chi connectivity index (χ3v) is 3.30. The molecule has 0 radical (unpaired) electrons. The molecule has 0 saturated heterocycles. The van der Waals surface area contributed by atoms with Crippen LogP contribution in [0.2, 0.25) is 0 Å². The van der Waals surface area contributed by atoms with Crippen molar-refractivity contribution in [3.8, 4) is 6.07 Å². The molecule has 0 aliphatic rings. The van der Waals surface area contributed by atoms with Crippen molar-refractivity contribution in [2.45, 2.75) is 20.0 Å². The lowest BCUT2D eigenvalue weighted by Crippen LogP contribution is -2.30. The number of nitriles is 1. The van der Waals surface area contributed by atoms with E-state index in [4.69, 9.17) is 10.00 Å². The Labute approximate surface area is 134 Å². The van der Waals surface area contributed by atoms with Gasteiger partial charge in [-0.05, 0) is 49.7 Å². The summed E-state index contributed by atoms with van der Waals surface area (Å²) in [5, 5.41) is 11.4. The predicted molar refractivity (Wildman–Crippen MR) is 85.8 cm³/mol. The van der Waals surface area contributed by atoms with E-state index in [0.29, 0.717) is 16.8 Å². The molecule has 2 aromatic rings. The van der Waals surface area contributed by atoms with E-state index in [-0.39, 0.29) is 0 Å². The van der Waals surface area contributed by atoms with Crippen molar-refractivity contribution in [1.82, 2.24) is 0 Å². The Hall–Kier alpha value is -3.13. The second-order valence-electron chi connectivity index (χ2n) is 5.04. The topological polar surface area (TPSA) is 79.2 Å². The normalized spacial score (nSPS) is 11.2. The number of carbonyl (C=O) groups excluding carboxylic acids is 2. The number of anilines is 1. The van der Waals surface area contributed by atoms with Gasteiger partial charge in [-0.25, -0.2) is 4.79 Å². The highest BCUT2D eigenvalue weighted by atomic mass is 16.5. The van der Waals surface area contributed by atoms with Gasteiger partial charge in [0.05, 0.1) is 17.2 Å². The lowest BCUT2D eigenvalue weighted by molar-refractivity contribution is -0.123. The van der Waals surface area contributed by atoms with Crippen LogP contribution in [0.15, 0.2) is 48.5 Å². The van der Waals surface area contributed by atoms with Gasteiger partial charge in [-0.1, -0.05) is 18.2 Å². The first-order chi connectivity index (χ1) is 11.0. The second kappa shape index (κ2) is 7.23. The van der Waals surface area contributed by atoms with Gasteiger partial charge in [-0.2, -0.15) is 5.26 Å². The van der Waals surface area contributed by atoms with Crippen LogP contribution in [0.5, 0.6) is 0 Å². The van der Waals surface area contributed by atoms with Crippen LogP contribution in [-0.2, 0) is 9.53 Å². The molecule has 0 aliphatic carbocycles. The maximum absolute atomic E-state index is 12.1. The van der Waals surface area contributed by atoms with E-state index in [1.54, 1.807) is 49.4 Å². The highest BCUT2D eigenvalue weighted by Crippen LogP contribution is 2.12. The summed E-state index contributed by atoms with van der Waals surface area (Å²) < 4.78 is 5.19. The molecule has 0 bridgehead atoms. The Kier molecular flexibility index (Phi) is 5.11. The molecule has 1 amide bonds. The number of rotatable bonds is 4. The minimum Gasteiger partial charge on any atom is -0.449 e. The fraction of sp³-hybridized carbons (Fsp3) is 0.167. The number of ether oxygens (including phenoxy) is 1. The third kappa shape index (κ3) is 4.17. The van der Waals surface area contributed by atoms with E-state index in [9.17, 15) is 9.59 Å². The van der Waals surface area contributed by atoms with Crippen molar-refractivity contribution in [2.75, 3.05) is 5.32 Å². The van der Waals surface area contributed by atoms with Gasteiger partial charge >= 0.3 is 5.97 Å². The Bertz CT molecular complexity index is 761. The molecule has 2 rings (SSSR count). The zero-order chi connectivity index (χ0) is 16.8. The van der Waals surface area contributed by atoms with E-state index in [2.05, 4.69) is 5.32 Å². The number of nitrogens with one attached hydrogen (secondary N) is 1. The van der Waals surface area contributed by atoms with Crippen molar-refractivity contribution in [3.63, 3.8) is 0 Å². The average Bonchev–Trinajstić information content (AvgIpc) is 2.55. The summed E-state index contributed by atoms with van der Waals surface area (Å²) in [6.45, 7) is 3.31. The maximum atomic E-state index is 12.1. The minimum atomic E-state index is -0.933. The maximum Gasteiger partial charge on any atom is 0.339 e. The summed E-state index contributed by atoms with van der Waals surface area (Å²) in [7, 11) is 0. The molecule has 1 N–H and O–H groups in total. The quantitative estimate of drug-likeness (QED) is 0.880. The van der Waals surface area contributed by atoms with Crippen molar-refractivity contribution in [3.05, 3.63) is 65.2 Å². The number of carbonyl (C=O) groups is 2. The SMILES string of the molecule is Cc1ccccc1C(=O)O[C@H](C)C(=O)Nc1ccc(C#N)cc1. The average molecular weight is 308 g/mol. The molecule has 0 heterocycles. The van der Waals surface area contributed by atoms with E-state index in [1.807, 2.05) is 12.1 Å². The smallest absolute Gasteiger partial charge is 0.339 e. The first-order valence-electron chi connectivity index (χ1n) is 7.09. The number of amides is 1. The molecule has 0 aliphatic heterocycles. The van der Waals surface area contributed by atoms with E-state index in [1.165, 1.54) is 6.92 Å². The van der Waals surface area contributed by atoms with Gasteiger partial charge in [0.15, 0.2) is 6.10 Å². The molecule has 0 unspecified atom stereocenters. The van der Waals surface area contributed by atoms with Crippen molar-refractivity contribution in [1.29, 1.82) is 5.26 Å². The summed E-state index contributed by atoms with van der Waals surface area (Å²) in [4.78, 5) is 24.1. The third-order valence-electron chi connectivity index (χ3n) is 3.30. The van der Waals surface area contributed by atoms with Crippen LogP contribution in [0.1, 0.15) is 28.4 Å². The number of hydrogen-bond acceptors (Lipinski definition) is 4. The van der Waals surface area contributed by atoms with E-state index in [0.717, 1.165) is 5.56 Å². The van der Waals surface area contributed by atoms with Crippen molar-refractivity contribution in [2.24, 2.45) is 0 Å². The summed E-state index contributed by atoms with van der Waals surface area (Å²) in [5.41, 5.74) is 2.26. The molecule has 0 saturated carbocycles. The largest absolute Gasteiger partial charge is 0.449 e. The van der Waals surface area contributed by atoms with Gasteiger partial charge in [0.1, 0.15) is 0 Å². The molecule has 23 heavy (non-hydrogen) atoms. The Morgan fingerprint density at radius 3 is 2.39 bits per heavy atom. The second-order valence-corrected chi connectivity index (χ2v) is 5.04. The van der Waals surface area contributed by atoms with Crippen molar-refractivity contribution >= 4 is 17.6 Å². The summed E-state index contributed by atoms with van der Waals surface area (Å²) in [6.07, 6.45) is -0.933. The van der Waals surface area contributed by atoms with Crippen LogP contribution in [-0.4, -0.2) is 18.0 Å². The Balaban J connectivity index is 1.98. The number of esters is 1. The highest BCUT2D eigenvalue weighted by Gasteiger charge is 2.19. The number of aryl methyl sites for hydroxylation is 1. The summed E-state index contributed by atoms with van der Waals surface area (Å²) >= 11 is 0. The van der Waals surface area contributed by atoms with Crippen LogP contribution in [0.25, 0.3) is 0 Å². The van der Waals surface area contributed by atoms with Crippen LogP contribution in [0.3, 0.4) is 0 Å². The van der Waals surface area contributed by atoms with Gasteiger partial charge in [-0.15, -0.1) is 0 Å². The Morgan fingerprint density at radius 1 is 1.13 bits per heavy atom. The molecule has 0 fully saturated rings. The summed E-state index contributed by atoms with van der Waals surface area (Å²) in [6, 6.07) is 15.5. The van der Waals surface area contributed by atoms with E-state index >= 15 is 0 Å². The van der Waals surface area contributed by atoms with Crippen LogP contribution in [0.4, 0.5) is 5.69 Å². The van der Waals surface area contributed by atoms with Gasteiger partial charge in [0.2, 0.25) is 0 Å². The number of benzene rings is 2. The standard InChI is InChI=1S/C18H16N2O3/c1-12-5-3-4-6-16(12)18(22)23-13(2)17(21)20-15-9-7-14(11-19)8-10-15/h3-10,13H,1-2H3,(H,20,21)/t13-/m1/s1. The van der Waals surface area contributed by atoms with Crippen LogP contribution >= 0.6 is 0 Å². The van der Waals surface area contributed by atoms with Gasteiger partial charge in [-0.3, -0.25) is 4.79 Å². The fourth-order valence-corrected chi connectivity index (χ4v) is 1.95. The minimum absolute atomic E-state index is 0.434. The molecule has 2 aromatic carbocycles. The molecular weight excluding hydrogens is 292 g/mol. The van der Waals surface area contributed by atoms with Gasteiger partial charge < -0.3 is 10.1 Å². The molecular formula is C18H16N2O3. The van der Waals surface area contributed by atoms with Gasteiger partial charge in [0.25, 0.3) is 5.91 Å². The zero-order valence-corrected chi connectivity index (χ0v) is 12.9. The molecule has 0 aromatic heterocycles. The molecule has 5 nitrogen and oxygen atoms in total. The highest BCUT2D eigenvalue weighted by molar-refractivity contribution is 5.97.